The van der Waals surface area contributed by atoms with Crippen LogP contribution >= 0.6 is 11.8 Å². The van der Waals surface area contributed by atoms with E-state index in [4.69, 9.17) is 4.74 Å². The van der Waals surface area contributed by atoms with E-state index >= 15 is 0 Å². The molecule has 1 aromatic carbocycles. The van der Waals surface area contributed by atoms with E-state index in [2.05, 4.69) is 52.6 Å². The van der Waals surface area contributed by atoms with Crippen molar-refractivity contribution in [1.82, 2.24) is 10.2 Å². The Morgan fingerprint density at radius 1 is 1.29 bits per heavy atom. The average molecular weight is 350 g/mol. The molecule has 1 heterocycles. The van der Waals surface area contributed by atoms with Gasteiger partial charge < -0.3 is 15.0 Å². The lowest BCUT2D eigenvalue weighted by Crippen LogP contribution is -2.40. The molecule has 1 aliphatic rings. The summed E-state index contributed by atoms with van der Waals surface area (Å²) in [6.07, 6.45) is 4.77. The number of hydrogen-bond donors (Lipinski definition) is 1. The summed E-state index contributed by atoms with van der Waals surface area (Å²) in [7, 11) is 4.00. The lowest BCUT2D eigenvalue weighted by molar-refractivity contribution is 0.0625. The van der Waals surface area contributed by atoms with Crippen LogP contribution in [0.4, 0.5) is 0 Å². The van der Waals surface area contributed by atoms with Gasteiger partial charge in [0, 0.05) is 45.3 Å². The molecule has 0 spiro atoms. The fourth-order valence-electron chi connectivity index (χ4n) is 2.88. The van der Waals surface area contributed by atoms with Gasteiger partial charge in [0.15, 0.2) is 5.96 Å². The number of hydrogen-bond acceptors (Lipinski definition) is 3. The number of ether oxygens (including phenoxy) is 1. The summed E-state index contributed by atoms with van der Waals surface area (Å²) in [5, 5.41) is 3.48. The fourth-order valence-corrected chi connectivity index (χ4v) is 3.75. The summed E-state index contributed by atoms with van der Waals surface area (Å²) < 4.78 is 5.43. The molecule has 1 aliphatic heterocycles. The third-order valence-electron chi connectivity index (χ3n) is 4.40. The molecule has 0 unspecified atom stereocenters. The predicted molar refractivity (Wildman–Crippen MR) is 104 cm³/mol. The Balaban J connectivity index is 1.58. The first-order chi connectivity index (χ1) is 11.8. The van der Waals surface area contributed by atoms with E-state index in [0.29, 0.717) is 0 Å². The summed E-state index contributed by atoms with van der Waals surface area (Å²) in [5.74, 6) is 2.94. The highest BCUT2D eigenvalue weighted by Gasteiger charge is 2.15. The molecule has 4 nitrogen and oxygen atoms in total. The Labute approximate surface area is 151 Å². The number of benzene rings is 1. The Kier molecular flexibility index (Phi) is 9.06. The van der Waals surface area contributed by atoms with Crippen LogP contribution in [-0.2, 0) is 4.74 Å². The molecule has 0 radical (unpaired) electrons. The van der Waals surface area contributed by atoms with Gasteiger partial charge in [-0.25, -0.2) is 0 Å². The highest BCUT2D eigenvalue weighted by Crippen LogP contribution is 2.19. The molecule has 0 amide bonds. The summed E-state index contributed by atoms with van der Waals surface area (Å²) in [6.45, 7) is 3.89. The molecule has 2 rings (SSSR count). The van der Waals surface area contributed by atoms with Crippen molar-refractivity contribution in [1.29, 1.82) is 0 Å². The van der Waals surface area contributed by atoms with E-state index in [1.54, 1.807) is 0 Å². The van der Waals surface area contributed by atoms with Crippen LogP contribution in [0.3, 0.4) is 0 Å². The van der Waals surface area contributed by atoms with Crippen molar-refractivity contribution >= 4 is 17.7 Å². The first-order valence-corrected chi connectivity index (χ1v) is 9.95. The maximum absolute atomic E-state index is 5.43. The molecule has 1 saturated heterocycles. The lowest BCUT2D eigenvalue weighted by Gasteiger charge is -2.26. The van der Waals surface area contributed by atoms with Crippen LogP contribution in [0.25, 0.3) is 0 Å². The zero-order valence-electron chi connectivity index (χ0n) is 15.0. The Morgan fingerprint density at radius 3 is 2.75 bits per heavy atom. The molecule has 1 fully saturated rings. The van der Waals surface area contributed by atoms with Crippen LogP contribution in [0, 0.1) is 5.92 Å². The molecular formula is C19H31N3OS. The van der Waals surface area contributed by atoms with Gasteiger partial charge in [-0.15, -0.1) is 11.8 Å². The van der Waals surface area contributed by atoms with Gasteiger partial charge in [0.05, 0.1) is 0 Å². The largest absolute Gasteiger partial charge is 0.381 e. The Bertz CT molecular complexity index is 475. The molecule has 24 heavy (non-hydrogen) atoms. The van der Waals surface area contributed by atoms with Crippen molar-refractivity contribution < 1.29 is 4.74 Å². The van der Waals surface area contributed by atoms with E-state index in [1.165, 1.54) is 24.2 Å². The molecule has 134 valence electrons. The maximum atomic E-state index is 5.43. The van der Waals surface area contributed by atoms with Crippen molar-refractivity contribution in [2.24, 2.45) is 10.9 Å². The van der Waals surface area contributed by atoms with E-state index in [9.17, 15) is 0 Å². The smallest absolute Gasteiger partial charge is 0.193 e. The van der Waals surface area contributed by atoms with Crippen LogP contribution in [0.1, 0.15) is 25.7 Å². The van der Waals surface area contributed by atoms with Crippen LogP contribution in [0.5, 0.6) is 0 Å². The number of nitrogens with zero attached hydrogens (tertiary/aromatic N) is 2. The summed E-state index contributed by atoms with van der Waals surface area (Å²) >= 11 is 1.91. The topological polar surface area (TPSA) is 36.9 Å². The minimum absolute atomic E-state index is 0.807. The molecule has 1 N–H and O–H groups in total. The lowest BCUT2D eigenvalue weighted by atomic mass is 9.96. The van der Waals surface area contributed by atoms with Gasteiger partial charge in [-0.1, -0.05) is 18.2 Å². The molecule has 5 heteroatoms. The van der Waals surface area contributed by atoms with Gasteiger partial charge in [0.2, 0.25) is 0 Å². The second kappa shape index (κ2) is 11.4. The van der Waals surface area contributed by atoms with Gasteiger partial charge in [-0.3, -0.25) is 4.99 Å². The van der Waals surface area contributed by atoms with Gasteiger partial charge in [-0.05, 0) is 49.5 Å². The first-order valence-electron chi connectivity index (χ1n) is 8.97. The first kappa shape index (κ1) is 19.1. The van der Waals surface area contributed by atoms with Crippen molar-refractivity contribution in [3.8, 4) is 0 Å². The number of aliphatic imine (C=N–C) groups is 1. The second-order valence-electron chi connectivity index (χ2n) is 6.26. The zero-order chi connectivity index (χ0) is 17.0. The molecule has 0 saturated carbocycles. The van der Waals surface area contributed by atoms with E-state index < -0.39 is 0 Å². The van der Waals surface area contributed by atoms with Crippen LogP contribution in [0.2, 0.25) is 0 Å². The molecular weight excluding hydrogens is 318 g/mol. The van der Waals surface area contributed by atoms with Gasteiger partial charge in [0.25, 0.3) is 0 Å². The third kappa shape index (κ3) is 7.14. The normalized spacial score (nSPS) is 16.2. The molecule has 0 atom stereocenters. The summed E-state index contributed by atoms with van der Waals surface area (Å²) in [6, 6.07) is 10.6. The monoisotopic (exact) mass is 349 g/mol. The van der Waals surface area contributed by atoms with Gasteiger partial charge >= 0.3 is 0 Å². The second-order valence-corrected chi connectivity index (χ2v) is 7.42. The minimum Gasteiger partial charge on any atom is -0.381 e. The average Bonchev–Trinajstić information content (AvgIpc) is 2.64. The quantitative estimate of drug-likeness (QED) is 0.337. The summed E-state index contributed by atoms with van der Waals surface area (Å²) in [5.41, 5.74) is 0. The van der Waals surface area contributed by atoms with E-state index in [-0.39, 0.29) is 0 Å². The fraction of sp³-hybridized carbons (Fsp3) is 0.632. The van der Waals surface area contributed by atoms with Crippen molar-refractivity contribution in [3.63, 3.8) is 0 Å². The SMILES string of the molecule is CN=C(NCCCSc1ccccc1)N(C)CCC1CCOCC1. The van der Waals surface area contributed by atoms with Crippen LogP contribution in [-0.4, -0.2) is 57.0 Å². The van der Waals surface area contributed by atoms with Crippen LogP contribution in [0.15, 0.2) is 40.2 Å². The predicted octanol–water partition coefficient (Wildman–Crippen LogP) is 3.49. The van der Waals surface area contributed by atoms with E-state index in [0.717, 1.165) is 50.4 Å². The van der Waals surface area contributed by atoms with E-state index in [1.807, 2.05) is 18.8 Å². The van der Waals surface area contributed by atoms with Crippen molar-refractivity contribution in [2.75, 3.05) is 46.2 Å². The molecule has 0 aliphatic carbocycles. The molecule has 1 aromatic rings. The molecule has 0 aromatic heterocycles. The highest BCUT2D eigenvalue weighted by molar-refractivity contribution is 7.99. The van der Waals surface area contributed by atoms with Crippen molar-refractivity contribution in [3.05, 3.63) is 30.3 Å². The number of rotatable bonds is 8. The molecule has 0 bridgehead atoms. The van der Waals surface area contributed by atoms with Gasteiger partial charge in [-0.2, -0.15) is 0 Å². The number of guanidine groups is 1. The highest BCUT2D eigenvalue weighted by atomic mass is 32.2. The number of thioether (sulfide) groups is 1. The third-order valence-corrected chi connectivity index (χ3v) is 5.50. The standard InChI is InChI=1S/C19H31N3OS/c1-20-19(22(2)13-9-17-10-14-23-15-11-17)21-12-6-16-24-18-7-4-3-5-8-18/h3-5,7-8,17H,6,9-16H2,1-2H3,(H,20,21). The summed E-state index contributed by atoms with van der Waals surface area (Å²) in [4.78, 5) is 8.00. The maximum Gasteiger partial charge on any atom is 0.193 e. The number of nitrogens with one attached hydrogen (secondary N) is 1. The zero-order valence-corrected chi connectivity index (χ0v) is 15.9. The minimum atomic E-state index is 0.807. The van der Waals surface area contributed by atoms with Crippen LogP contribution < -0.4 is 5.32 Å². The Morgan fingerprint density at radius 2 is 2.04 bits per heavy atom. The van der Waals surface area contributed by atoms with Crippen molar-refractivity contribution in [2.45, 2.75) is 30.6 Å². The Hall–Kier alpha value is -1.20. The van der Waals surface area contributed by atoms with Gasteiger partial charge in [0.1, 0.15) is 0 Å².